The highest BCUT2D eigenvalue weighted by atomic mass is 16.5. The fraction of sp³-hybridized carbons (Fsp3) is 0.526. The topological polar surface area (TPSA) is 62.3 Å². The largest absolute Gasteiger partial charge is 0.481 e. The van der Waals surface area contributed by atoms with E-state index in [0.29, 0.717) is 13.0 Å². The lowest BCUT2D eigenvalue weighted by molar-refractivity contribution is -0.148. The Balaban J connectivity index is 0.000000925. The number of aryl methyl sites for hydroxylation is 1. The van der Waals surface area contributed by atoms with Gasteiger partial charge in [0.05, 0.1) is 18.7 Å². The Bertz CT molecular complexity index is 695. The zero-order chi connectivity index (χ0) is 17.0. The molecule has 1 atom stereocenters. The number of benzene rings is 1. The van der Waals surface area contributed by atoms with Crippen molar-refractivity contribution in [2.45, 2.75) is 59.0 Å². The third kappa shape index (κ3) is 3.00. The molecule has 1 aromatic heterocycles. The summed E-state index contributed by atoms with van der Waals surface area (Å²) in [5.74, 6) is -0.820. The average Bonchev–Trinajstić information content (AvgIpc) is 2.96. The van der Waals surface area contributed by atoms with Gasteiger partial charge in [0.25, 0.3) is 0 Å². The second-order valence-electron chi connectivity index (χ2n) is 5.69. The van der Waals surface area contributed by atoms with Crippen molar-refractivity contribution in [3.05, 3.63) is 35.0 Å². The zero-order valence-corrected chi connectivity index (χ0v) is 14.5. The van der Waals surface area contributed by atoms with E-state index in [0.717, 1.165) is 24.1 Å². The van der Waals surface area contributed by atoms with Crippen molar-refractivity contribution in [3.8, 4) is 0 Å². The number of H-pyrrole nitrogens is 1. The van der Waals surface area contributed by atoms with Gasteiger partial charge in [0, 0.05) is 12.3 Å². The van der Waals surface area contributed by atoms with Gasteiger partial charge in [-0.25, -0.2) is 0 Å². The molecule has 4 nitrogen and oxygen atoms in total. The molecular weight excluding hydrogens is 290 g/mol. The first-order valence-corrected chi connectivity index (χ1v) is 8.60. The van der Waals surface area contributed by atoms with Crippen molar-refractivity contribution in [3.63, 3.8) is 0 Å². The number of nitrogens with one attached hydrogen (secondary N) is 1. The molecular formula is C19H29NO3. The first-order valence-electron chi connectivity index (χ1n) is 8.60. The Morgan fingerprint density at radius 3 is 2.74 bits per heavy atom. The van der Waals surface area contributed by atoms with Gasteiger partial charge in [-0.1, -0.05) is 45.9 Å². The van der Waals surface area contributed by atoms with Gasteiger partial charge in [0.2, 0.25) is 0 Å². The van der Waals surface area contributed by atoms with Crippen LogP contribution < -0.4 is 0 Å². The Morgan fingerprint density at radius 2 is 2.13 bits per heavy atom. The van der Waals surface area contributed by atoms with Crippen LogP contribution in [0.1, 0.15) is 58.8 Å². The van der Waals surface area contributed by atoms with Crippen LogP contribution in [-0.2, 0) is 28.0 Å². The van der Waals surface area contributed by atoms with Gasteiger partial charge < -0.3 is 14.8 Å². The van der Waals surface area contributed by atoms with Crippen molar-refractivity contribution in [1.82, 2.24) is 4.98 Å². The molecule has 4 heteroatoms. The summed E-state index contributed by atoms with van der Waals surface area (Å²) in [5.41, 5.74) is 3.88. The van der Waals surface area contributed by atoms with Gasteiger partial charge in [-0.05, 0) is 30.4 Å². The summed E-state index contributed by atoms with van der Waals surface area (Å²) in [6, 6.07) is 6.32. The smallest absolute Gasteiger partial charge is 0.306 e. The summed E-state index contributed by atoms with van der Waals surface area (Å²) in [4.78, 5) is 14.8. The van der Waals surface area contributed by atoms with Crippen LogP contribution in [0.5, 0.6) is 0 Å². The number of aromatic nitrogens is 1. The van der Waals surface area contributed by atoms with Gasteiger partial charge in [-0.15, -0.1) is 0 Å². The van der Waals surface area contributed by atoms with Crippen molar-refractivity contribution in [1.29, 1.82) is 0 Å². The number of para-hydroxylation sites is 1. The number of hydrogen-bond acceptors (Lipinski definition) is 2. The molecule has 0 fully saturated rings. The Hall–Kier alpha value is -1.81. The van der Waals surface area contributed by atoms with Crippen molar-refractivity contribution in [2.24, 2.45) is 0 Å². The average molecular weight is 319 g/mol. The highest BCUT2D eigenvalue weighted by Gasteiger charge is 2.40. The van der Waals surface area contributed by atoms with E-state index in [2.05, 4.69) is 30.1 Å². The minimum atomic E-state index is -0.820. The number of carboxylic acids is 1. The number of fused-ring (bicyclic) bond motifs is 3. The van der Waals surface area contributed by atoms with Gasteiger partial charge >= 0.3 is 5.97 Å². The highest BCUT2D eigenvalue weighted by molar-refractivity contribution is 5.88. The van der Waals surface area contributed by atoms with Gasteiger partial charge in [0.1, 0.15) is 5.60 Å². The Labute approximate surface area is 139 Å². The minimum Gasteiger partial charge on any atom is -0.481 e. The predicted molar refractivity (Wildman–Crippen MR) is 95.0 cm³/mol. The van der Waals surface area contributed by atoms with Gasteiger partial charge in [-0.2, -0.15) is 0 Å². The SMILES string of the molecule is CC.CCc1cccc2c3c([nH]c12)C(CC)(CC(=O)O)OCC3.[HH]. The van der Waals surface area contributed by atoms with Crippen LogP contribution in [0.3, 0.4) is 0 Å². The number of ether oxygens (including phenoxy) is 1. The lowest BCUT2D eigenvalue weighted by atomic mass is 9.86. The third-order valence-corrected chi connectivity index (χ3v) is 4.60. The molecule has 23 heavy (non-hydrogen) atoms. The molecule has 0 saturated carbocycles. The third-order valence-electron chi connectivity index (χ3n) is 4.60. The number of rotatable bonds is 4. The Morgan fingerprint density at radius 1 is 1.39 bits per heavy atom. The fourth-order valence-electron chi connectivity index (χ4n) is 3.49. The number of carbonyl (C=O) groups is 1. The van der Waals surface area contributed by atoms with E-state index >= 15 is 0 Å². The maximum atomic E-state index is 11.3. The summed E-state index contributed by atoms with van der Waals surface area (Å²) < 4.78 is 5.94. The van der Waals surface area contributed by atoms with E-state index in [4.69, 9.17) is 4.74 Å². The molecule has 2 aromatic rings. The standard InChI is InChI=1S/C17H21NO3.C2H6.H2/c1-3-11-6-5-7-12-13-8-9-21-17(4-2,10-14(19)20)16(13)18-15(11)12;1-2;/h5-7,18H,3-4,8-10H2,1-2H3,(H,19,20);1-2H3;1H. The number of aliphatic carboxylic acids is 1. The van der Waals surface area contributed by atoms with Crippen LogP contribution in [0.4, 0.5) is 0 Å². The van der Waals surface area contributed by atoms with Crippen LogP contribution in [-0.4, -0.2) is 22.7 Å². The summed E-state index contributed by atoms with van der Waals surface area (Å²) in [7, 11) is 0. The number of hydrogen-bond donors (Lipinski definition) is 2. The molecule has 2 heterocycles. The zero-order valence-electron chi connectivity index (χ0n) is 14.5. The normalized spacial score (nSPS) is 19.8. The molecule has 0 aliphatic carbocycles. The van der Waals surface area contributed by atoms with Crippen LogP contribution in [0.15, 0.2) is 18.2 Å². The molecule has 0 radical (unpaired) electrons. The van der Waals surface area contributed by atoms with Gasteiger partial charge in [0.15, 0.2) is 0 Å². The number of aromatic amines is 1. The first-order chi connectivity index (χ1) is 11.1. The van der Waals surface area contributed by atoms with Crippen LogP contribution >= 0.6 is 0 Å². The predicted octanol–water partition coefficient (Wildman–Crippen LogP) is 4.66. The molecule has 0 spiro atoms. The molecule has 0 bridgehead atoms. The maximum absolute atomic E-state index is 11.3. The fourth-order valence-corrected chi connectivity index (χ4v) is 3.49. The van der Waals surface area contributed by atoms with Crippen molar-refractivity contribution < 1.29 is 16.1 Å². The van der Waals surface area contributed by atoms with E-state index < -0.39 is 11.6 Å². The van der Waals surface area contributed by atoms with Crippen LogP contribution in [0.25, 0.3) is 10.9 Å². The molecule has 1 aromatic carbocycles. The molecule has 0 amide bonds. The van der Waals surface area contributed by atoms with Crippen LogP contribution in [0, 0.1) is 0 Å². The summed E-state index contributed by atoms with van der Waals surface area (Å²) >= 11 is 0. The van der Waals surface area contributed by atoms with E-state index in [1.54, 1.807) is 0 Å². The highest BCUT2D eigenvalue weighted by Crippen LogP contribution is 2.42. The second kappa shape index (κ2) is 7.18. The monoisotopic (exact) mass is 319 g/mol. The summed E-state index contributed by atoms with van der Waals surface area (Å²) in [6.07, 6.45) is 2.45. The number of carboxylic acid groups (broad SMARTS) is 1. The maximum Gasteiger partial charge on any atom is 0.306 e. The molecule has 128 valence electrons. The van der Waals surface area contributed by atoms with Crippen LogP contribution in [0.2, 0.25) is 0 Å². The molecule has 3 rings (SSSR count). The summed E-state index contributed by atoms with van der Waals surface area (Å²) in [5, 5.41) is 10.5. The summed E-state index contributed by atoms with van der Waals surface area (Å²) in [6.45, 7) is 8.71. The van der Waals surface area contributed by atoms with E-state index in [1.165, 1.54) is 16.5 Å². The Kier molecular flexibility index (Phi) is 5.47. The van der Waals surface area contributed by atoms with Gasteiger partial charge in [-0.3, -0.25) is 4.79 Å². The van der Waals surface area contributed by atoms with Crippen molar-refractivity contribution >= 4 is 16.9 Å². The molecule has 2 N–H and O–H groups in total. The van der Waals surface area contributed by atoms with Crippen molar-refractivity contribution in [2.75, 3.05) is 6.61 Å². The quantitative estimate of drug-likeness (QED) is 0.862. The molecule has 0 saturated heterocycles. The van der Waals surface area contributed by atoms with E-state index in [9.17, 15) is 9.90 Å². The lowest BCUT2D eigenvalue weighted by Gasteiger charge is -2.35. The molecule has 1 aliphatic rings. The first kappa shape index (κ1) is 17.5. The van der Waals surface area contributed by atoms with E-state index in [1.807, 2.05) is 20.8 Å². The second-order valence-corrected chi connectivity index (χ2v) is 5.69. The lowest BCUT2D eigenvalue weighted by Crippen LogP contribution is -2.37. The van der Waals surface area contributed by atoms with E-state index in [-0.39, 0.29) is 7.85 Å². The minimum absolute atomic E-state index is 0. The molecule has 1 aliphatic heterocycles. The molecule has 1 unspecified atom stereocenters.